The van der Waals surface area contributed by atoms with E-state index in [1.165, 1.54) is 6.07 Å². The Hall–Kier alpha value is -4.82. The Balaban J connectivity index is 1.47. The first-order chi connectivity index (χ1) is 20.9. The molecular formula is C35H32FNO6. The minimum atomic E-state index is -1.12. The Morgan fingerprint density at radius 1 is 0.651 bits per heavy atom. The van der Waals surface area contributed by atoms with Gasteiger partial charge in [0.15, 0.2) is 18.3 Å². The molecule has 4 aromatic rings. The maximum Gasteiger partial charge on any atom is 0.338 e. The molecule has 0 spiro atoms. The molecule has 0 saturated carbocycles. The highest BCUT2D eigenvalue weighted by Gasteiger charge is 2.48. The lowest BCUT2D eigenvalue weighted by Crippen LogP contribution is -2.63. The van der Waals surface area contributed by atoms with Crippen LogP contribution in [0.4, 0.5) is 4.39 Å². The van der Waals surface area contributed by atoms with Crippen molar-refractivity contribution in [2.24, 2.45) is 0 Å². The zero-order chi connectivity index (χ0) is 30.2. The number of likely N-dealkylation sites (tertiary alicyclic amines) is 1. The number of ether oxygens (including phenoxy) is 3. The molecule has 4 aromatic carbocycles. The maximum atomic E-state index is 14.5. The Morgan fingerprint density at radius 3 is 1.60 bits per heavy atom. The Morgan fingerprint density at radius 2 is 1.09 bits per heavy atom. The highest BCUT2D eigenvalue weighted by molar-refractivity contribution is 5.91. The number of hydrogen-bond acceptors (Lipinski definition) is 7. The summed E-state index contributed by atoms with van der Waals surface area (Å²) in [5, 5.41) is 0. The molecular weight excluding hydrogens is 549 g/mol. The third-order valence-corrected chi connectivity index (χ3v) is 7.56. The van der Waals surface area contributed by atoms with E-state index in [4.69, 9.17) is 14.2 Å². The van der Waals surface area contributed by atoms with E-state index < -0.39 is 42.3 Å². The van der Waals surface area contributed by atoms with Gasteiger partial charge in [-0.05, 0) is 61.4 Å². The van der Waals surface area contributed by atoms with Crippen LogP contribution in [0.5, 0.6) is 0 Å². The van der Waals surface area contributed by atoms with Crippen molar-refractivity contribution in [3.05, 3.63) is 143 Å². The van der Waals surface area contributed by atoms with E-state index in [2.05, 4.69) is 0 Å². The highest BCUT2D eigenvalue weighted by atomic mass is 19.1. The topological polar surface area (TPSA) is 82.1 Å². The second-order valence-electron chi connectivity index (χ2n) is 10.4. The van der Waals surface area contributed by atoms with Crippen molar-refractivity contribution in [2.45, 2.75) is 37.7 Å². The molecule has 1 heterocycles. The van der Waals surface area contributed by atoms with E-state index in [9.17, 15) is 18.8 Å². The normalized spacial score (nSPS) is 20.1. The van der Waals surface area contributed by atoms with Gasteiger partial charge in [0.25, 0.3) is 0 Å². The molecule has 1 aliphatic heterocycles. The molecule has 0 unspecified atom stereocenters. The number of benzene rings is 4. The van der Waals surface area contributed by atoms with E-state index in [1.54, 1.807) is 109 Å². The number of rotatable bonds is 9. The van der Waals surface area contributed by atoms with E-state index in [0.717, 1.165) is 0 Å². The number of nitrogens with zero attached hydrogens (tertiary/aromatic N) is 1. The number of halogens is 1. The first kappa shape index (κ1) is 29.7. The van der Waals surface area contributed by atoms with Gasteiger partial charge in [-0.1, -0.05) is 72.8 Å². The fourth-order valence-corrected chi connectivity index (χ4v) is 5.18. The lowest BCUT2D eigenvalue weighted by molar-refractivity contribution is -0.143. The lowest BCUT2D eigenvalue weighted by atomic mass is 9.93. The second kappa shape index (κ2) is 13.9. The molecule has 1 saturated heterocycles. The molecule has 8 heteroatoms. The van der Waals surface area contributed by atoms with Crippen molar-refractivity contribution in [1.82, 2.24) is 4.90 Å². The van der Waals surface area contributed by atoms with E-state index in [0.29, 0.717) is 35.2 Å². The summed E-state index contributed by atoms with van der Waals surface area (Å²) in [6, 6.07) is 31.5. The summed E-state index contributed by atoms with van der Waals surface area (Å²) in [6.45, 7) is 2.39. The SMILES string of the molecule is C[C@H]1[C@@H](OC(=O)c2ccccc2)[C@H](OC(=O)c2ccccc2)[C@@H](OC(=O)c2ccccc2)CN1CCc1ccccc1F. The largest absolute Gasteiger partial charge is 0.453 e. The first-order valence-corrected chi connectivity index (χ1v) is 14.2. The molecule has 5 rings (SSSR count). The molecule has 0 N–H and O–H groups in total. The molecule has 4 atom stereocenters. The van der Waals surface area contributed by atoms with Gasteiger partial charge >= 0.3 is 17.9 Å². The summed E-state index contributed by atoms with van der Waals surface area (Å²) in [5.74, 6) is -2.18. The Labute approximate surface area is 249 Å². The van der Waals surface area contributed by atoms with Gasteiger partial charge in [-0.25, -0.2) is 18.8 Å². The van der Waals surface area contributed by atoms with Crippen molar-refractivity contribution in [2.75, 3.05) is 13.1 Å². The van der Waals surface area contributed by atoms with E-state index >= 15 is 0 Å². The van der Waals surface area contributed by atoms with Gasteiger partial charge in [0.2, 0.25) is 0 Å². The summed E-state index contributed by atoms with van der Waals surface area (Å²) < 4.78 is 32.5. The van der Waals surface area contributed by atoms with Crippen LogP contribution >= 0.6 is 0 Å². The first-order valence-electron chi connectivity index (χ1n) is 14.2. The van der Waals surface area contributed by atoms with Gasteiger partial charge in [-0.3, -0.25) is 4.90 Å². The molecule has 0 aliphatic carbocycles. The number of hydrogen-bond donors (Lipinski definition) is 0. The van der Waals surface area contributed by atoms with Gasteiger partial charge in [0.1, 0.15) is 5.82 Å². The monoisotopic (exact) mass is 581 g/mol. The van der Waals surface area contributed by atoms with Crippen LogP contribution in [0.2, 0.25) is 0 Å². The summed E-state index contributed by atoms with van der Waals surface area (Å²) in [5.41, 5.74) is 1.48. The Bertz CT molecular complexity index is 1530. The maximum absolute atomic E-state index is 14.5. The van der Waals surface area contributed by atoms with Crippen molar-refractivity contribution < 1.29 is 33.0 Å². The van der Waals surface area contributed by atoms with Crippen LogP contribution in [0.1, 0.15) is 43.6 Å². The molecule has 0 radical (unpaired) electrons. The van der Waals surface area contributed by atoms with E-state index in [1.807, 2.05) is 11.8 Å². The van der Waals surface area contributed by atoms with Gasteiger partial charge < -0.3 is 14.2 Å². The van der Waals surface area contributed by atoms with Gasteiger partial charge in [-0.2, -0.15) is 0 Å². The van der Waals surface area contributed by atoms with Crippen LogP contribution in [0.15, 0.2) is 115 Å². The third kappa shape index (κ3) is 7.34. The zero-order valence-electron chi connectivity index (χ0n) is 23.7. The summed E-state index contributed by atoms with van der Waals surface area (Å²) in [4.78, 5) is 41.8. The predicted molar refractivity (Wildman–Crippen MR) is 158 cm³/mol. The minimum Gasteiger partial charge on any atom is -0.453 e. The molecule has 0 amide bonds. The zero-order valence-corrected chi connectivity index (χ0v) is 23.7. The number of carbonyl (C=O) groups is 3. The van der Waals surface area contributed by atoms with Crippen molar-refractivity contribution >= 4 is 17.9 Å². The predicted octanol–water partition coefficient (Wildman–Crippen LogP) is 5.75. The molecule has 7 nitrogen and oxygen atoms in total. The quantitative estimate of drug-likeness (QED) is 0.184. The number of piperidine rings is 1. The van der Waals surface area contributed by atoms with Crippen molar-refractivity contribution in [3.63, 3.8) is 0 Å². The van der Waals surface area contributed by atoms with Crippen LogP contribution in [-0.4, -0.2) is 60.3 Å². The minimum absolute atomic E-state index is 0.167. The average Bonchev–Trinajstić information content (AvgIpc) is 3.05. The van der Waals surface area contributed by atoms with Gasteiger partial charge in [0.05, 0.1) is 16.7 Å². The van der Waals surface area contributed by atoms with Crippen LogP contribution in [0.3, 0.4) is 0 Å². The number of carbonyl (C=O) groups excluding carboxylic acids is 3. The van der Waals surface area contributed by atoms with Gasteiger partial charge in [-0.15, -0.1) is 0 Å². The van der Waals surface area contributed by atoms with Crippen molar-refractivity contribution in [1.29, 1.82) is 0 Å². The second-order valence-corrected chi connectivity index (χ2v) is 10.4. The summed E-state index contributed by atoms with van der Waals surface area (Å²) >= 11 is 0. The molecule has 43 heavy (non-hydrogen) atoms. The fourth-order valence-electron chi connectivity index (χ4n) is 5.18. The van der Waals surface area contributed by atoms with Crippen LogP contribution in [0, 0.1) is 5.82 Å². The smallest absolute Gasteiger partial charge is 0.338 e. The lowest BCUT2D eigenvalue weighted by Gasteiger charge is -2.46. The van der Waals surface area contributed by atoms with Crippen molar-refractivity contribution in [3.8, 4) is 0 Å². The average molecular weight is 582 g/mol. The Kier molecular flexibility index (Phi) is 9.59. The fraction of sp³-hybridized carbons (Fsp3) is 0.229. The summed E-state index contributed by atoms with van der Waals surface area (Å²) in [6.07, 6.45) is -2.76. The van der Waals surface area contributed by atoms with Gasteiger partial charge in [0, 0.05) is 19.1 Å². The summed E-state index contributed by atoms with van der Waals surface area (Å²) in [7, 11) is 0. The van der Waals surface area contributed by atoms with Crippen LogP contribution in [-0.2, 0) is 20.6 Å². The standard InChI is InChI=1S/C35H32FNO6/c1-24-31(42-34(39)27-16-7-3-8-17-27)32(43-35(40)28-18-9-4-10-19-28)30(41-33(38)26-14-5-2-6-15-26)23-37(24)22-21-25-13-11-12-20-29(25)36/h2-20,24,30-32H,21-23H2,1H3/t24-,30-,31+,32+/m0/s1. The molecule has 0 bridgehead atoms. The molecule has 1 aliphatic rings. The van der Waals surface area contributed by atoms with E-state index in [-0.39, 0.29) is 12.4 Å². The number of esters is 3. The third-order valence-electron chi connectivity index (χ3n) is 7.56. The molecule has 220 valence electrons. The van der Waals surface area contributed by atoms with Crippen LogP contribution in [0.25, 0.3) is 0 Å². The molecule has 0 aromatic heterocycles. The van der Waals surface area contributed by atoms with Crippen LogP contribution < -0.4 is 0 Å². The highest BCUT2D eigenvalue weighted by Crippen LogP contribution is 2.29. The molecule has 1 fully saturated rings.